The Morgan fingerprint density at radius 2 is 2.05 bits per heavy atom. The van der Waals surface area contributed by atoms with Crippen molar-refractivity contribution in [2.45, 2.75) is 6.92 Å². The van der Waals surface area contributed by atoms with Gasteiger partial charge in [-0.15, -0.1) is 11.3 Å². The molecule has 0 saturated heterocycles. The third kappa shape index (κ3) is 4.39. The molecule has 8 heteroatoms. The molecular weight excluding hydrogens is 298 g/mol. The summed E-state index contributed by atoms with van der Waals surface area (Å²) in [6.45, 7) is 1.86. The highest BCUT2D eigenvalue weighted by Crippen LogP contribution is 2.16. The van der Waals surface area contributed by atoms with Gasteiger partial charge in [-0.2, -0.15) is 0 Å². The summed E-state index contributed by atoms with van der Waals surface area (Å²) >= 11 is 1.25. The van der Waals surface area contributed by atoms with E-state index in [1.807, 2.05) is 0 Å². The van der Waals surface area contributed by atoms with E-state index < -0.39 is 10.0 Å². The first kappa shape index (κ1) is 14.6. The number of sulfonamides is 1. The average molecular weight is 313 g/mol. The van der Waals surface area contributed by atoms with Gasteiger partial charge in [-0.25, -0.2) is 13.4 Å². The molecule has 0 amide bonds. The summed E-state index contributed by atoms with van der Waals surface area (Å²) in [5, 5.41) is 2.15. The lowest BCUT2D eigenvalue weighted by Gasteiger charge is -2.07. The molecule has 0 bridgehead atoms. The van der Waals surface area contributed by atoms with Crippen LogP contribution in [0.4, 0.5) is 10.8 Å². The second kappa shape index (κ2) is 6.10. The Labute approximate surface area is 121 Å². The second-order valence-electron chi connectivity index (χ2n) is 4.13. The first-order chi connectivity index (χ1) is 9.44. The maximum Gasteiger partial charge on any atom is 0.237 e. The Balaban J connectivity index is 1.84. The van der Waals surface area contributed by atoms with E-state index in [0.717, 1.165) is 5.69 Å². The molecule has 0 radical (unpaired) electrons. The van der Waals surface area contributed by atoms with Crippen LogP contribution in [0.5, 0.6) is 5.75 Å². The number of thiazole rings is 1. The zero-order valence-corrected chi connectivity index (χ0v) is 12.5. The third-order valence-electron chi connectivity index (χ3n) is 2.36. The van der Waals surface area contributed by atoms with Gasteiger partial charge in [-0.05, 0) is 31.2 Å². The lowest BCUT2D eigenvalue weighted by molar-refractivity contribution is 0.341. The summed E-state index contributed by atoms with van der Waals surface area (Å²) in [5.74, 6) is 0.440. The summed E-state index contributed by atoms with van der Waals surface area (Å²) in [5.41, 5.74) is 6.96. The quantitative estimate of drug-likeness (QED) is 0.794. The number of nitrogen functional groups attached to an aromatic ring is 1. The molecule has 0 unspecified atom stereocenters. The number of nitrogens with zero attached hydrogens (tertiary/aromatic N) is 1. The third-order valence-corrected chi connectivity index (χ3v) is 4.58. The molecular formula is C12H15N3O3S2. The zero-order valence-electron chi connectivity index (χ0n) is 10.9. The van der Waals surface area contributed by atoms with Crippen LogP contribution in [0.2, 0.25) is 0 Å². The van der Waals surface area contributed by atoms with Crippen molar-refractivity contribution in [2.24, 2.45) is 0 Å². The number of rotatable bonds is 6. The molecule has 0 atom stereocenters. The minimum Gasteiger partial charge on any atom is -0.492 e. The van der Waals surface area contributed by atoms with E-state index in [1.54, 1.807) is 36.6 Å². The normalized spacial score (nSPS) is 11.2. The fourth-order valence-corrected chi connectivity index (χ4v) is 3.24. The molecule has 0 saturated carbocycles. The lowest BCUT2D eigenvalue weighted by atomic mass is 10.3. The van der Waals surface area contributed by atoms with Crippen LogP contribution in [0.3, 0.4) is 0 Å². The van der Waals surface area contributed by atoms with Gasteiger partial charge >= 0.3 is 0 Å². The Kier molecular flexibility index (Phi) is 4.46. The second-order valence-corrected chi connectivity index (χ2v) is 6.83. The molecule has 1 aromatic heterocycles. The molecule has 0 aliphatic carbocycles. The highest BCUT2D eigenvalue weighted by molar-refractivity contribution is 7.92. The predicted molar refractivity (Wildman–Crippen MR) is 80.6 cm³/mol. The highest BCUT2D eigenvalue weighted by Gasteiger charge is 2.12. The van der Waals surface area contributed by atoms with E-state index in [4.69, 9.17) is 10.5 Å². The van der Waals surface area contributed by atoms with Crippen LogP contribution in [-0.2, 0) is 10.0 Å². The molecule has 1 heterocycles. The minimum atomic E-state index is -3.45. The number of benzene rings is 1. The molecule has 20 heavy (non-hydrogen) atoms. The lowest BCUT2D eigenvalue weighted by Crippen LogP contribution is -2.21. The molecule has 0 aliphatic heterocycles. The maximum atomic E-state index is 11.8. The molecule has 1 aromatic carbocycles. The van der Waals surface area contributed by atoms with Gasteiger partial charge in [0.2, 0.25) is 10.0 Å². The van der Waals surface area contributed by atoms with Crippen LogP contribution < -0.4 is 15.2 Å². The van der Waals surface area contributed by atoms with Crippen molar-refractivity contribution in [2.75, 3.05) is 22.8 Å². The number of nitrogens with two attached hydrogens (primary N) is 1. The number of anilines is 2. The van der Waals surface area contributed by atoms with Crippen molar-refractivity contribution in [1.29, 1.82) is 0 Å². The van der Waals surface area contributed by atoms with Crippen molar-refractivity contribution >= 4 is 32.2 Å². The van der Waals surface area contributed by atoms with Gasteiger partial charge in [0.05, 0.1) is 5.69 Å². The summed E-state index contributed by atoms with van der Waals surface area (Å²) in [6, 6.07) is 6.78. The van der Waals surface area contributed by atoms with E-state index in [-0.39, 0.29) is 12.4 Å². The van der Waals surface area contributed by atoms with Gasteiger partial charge < -0.3 is 10.5 Å². The fraction of sp³-hybridized carbons (Fsp3) is 0.250. The number of hydrogen-bond donors (Lipinski definition) is 2. The largest absolute Gasteiger partial charge is 0.492 e. The smallest absolute Gasteiger partial charge is 0.237 e. The van der Waals surface area contributed by atoms with E-state index in [9.17, 15) is 8.42 Å². The SMILES string of the molecule is Cc1csc(NS(=O)(=O)CCOc2ccc(N)cc2)n1. The number of aromatic nitrogens is 1. The van der Waals surface area contributed by atoms with Crippen LogP contribution in [0.1, 0.15) is 5.69 Å². The van der Waals surface area contributed by atoms with Crippen LogP contribution in [-0.4, -0.2) is 25.8 Å². The van der Waals surface area contributed by atoms with Gasteiger partial charge in [0, 0.05) is 11.1 Å². The van der Waals surface area contributed by atoms with Crippen LogP contribution in [0.15, 0.2) is 29.6 Å². The molecule has 6 nitrogen and oxygen atoms in total. The van der Waals surface area contributed by atoms with Crippen molar-refractivity contribution in [1.82, 2.24) is 4.98 Å². The highest BCUT2D eigenvalue weighted by atomic mass is 32.2. The van der Waals surface area contributed by atoms with Crippen molar-refractivity contribution < 1.29 is 13.2 Å². The van der Waals surface area contributed by atoms with Crippen molar-refractivity contribution in [3.05, 3.63) is 35.3 Å². The van der Waals surface area contributed by atoms with Crippen molar-refractivity contribution in [3.63, 3.8) is 0 Å². The van der Waals surface area contributed by atoms with E-state index >= 15 is 0 Å². The molecule has 2 aromatic rings. The molecule has 0 spiro atoms. The van der Waals surface area contributed by atoms with Gasteiger partial charge in [0.25, 0.3) is 0 Å². The minimum absolute atomic E-state index is 0.0591. The summed E-state index contributed by atoms with van der Waals surface area (Å²) in [7, 11) is -3.45. The fourth-order valence-electron chi connectivity index (χ4n) is 1.42. The average Bonchev–Trinajstić information content (AvgIpc) is 2.76. The van der Waals surface area contributed by atoms with Crippen molar-refractivity contribution in [3.8, 4) is 5.75 Å². The molecule has 0 aliphatic rings. The first-order valence-corrected chi connectivity index (χ1v) is 8.39. The molecule has 108 valence electrons. The Bertz CT molecular complexity index is 666. The van der Waals surface area contributed by atoms with Crippen LogP contribution in [0, 0.1) is 6.92 Å². The molecule has 0 fully saturated rings. The Morgan fingerprint density at radius 1 is 1.35 bits per heavy atom. The Hall–Kier alpha value is -1.80. The van der Waals surface area contributed by atoms with E-state index in [0.29, 0.717) is 16.6 Å². The van der Waals surface area contributed by atoms with Gasteiger partial charge in [-0.3, -0.25) is 4.72 Å². The summed E-state index contributed by atoms with van der Waals surface area (Å²) < 4.78 is 31.4. The van der Waals surface area contributed by atoms with Crippen LogP contribution in [0.25, 0.3) is 0 Å². The van der Waals surface area contributed by atoms with Gasteiger partial charge in [0.15, 0.2) is 5.13 Å². The monoisotopic (exact) mass is 313 g/mol. The topological polar surface area (TPSA) is 94.3 Å². The van der Waals surface area contributed by atoms with E-state index in [2.05, 4.69) is 9.71 Å². The maximum absolute atomic E-state index is 11.8. The standard InChI is InChI=1S/C12H15N3O3S2/c1-9-8-19-12(14-9)15-20(16,17)7-6-18-11-4-2-10(13)3-5-11/h2-5,8H,6-7,13H2,1H3,(H,14,15). The predicted octanol–water partition coefficient (Wildman–Crippen LogP) is 1.85. The number of nitrogens with one attached hydrogen (secondary N) is 1. The number of aryl methyl sites for hydroxylation is 1. The first-order valence-electron chi connectivity index (χ1n) is 5.85. The Morgan fingerprint density at radius 3 is 2.65 bits per heavy atom. The van der Waals surface area contributed by atoms with E-state index in [1.165, 1.54) is 11.3 Å². The zero-order chi connectivity index (χ0) is 14.6. The summed E-state index contributed by atoms with van der Waals surface area (Å²) in [4.78, 5) is 4.05. The van der Waals surface area contributed by atoms with Gasteiger partial charge in [0.1, 0.15) is 18.1 Å². The molecule has 3 N–H and O–H groups in total. The van der Waals surface area contributed by atoms with Gasteiger partial charge in [-0.1, -0.05) is 0 Å². The number of ether oxygens (including phenoxy) is 1. The number of hydrogen-bond acceptors (Lipinski definition) is 6. The molecule has 2 rings (SSSR count). The summed E-state index contributed by atoms with van der Waals surface area (Å²) in [6.07, 6.45) is 0. The van der Waals surface area contributed by atoms with Crippen LogP contribution >= 0.6 is 11.3 Å².